The number of carbonyl (C=O) groups excluding carboxylic acids is 1. The molecule has 37 heavy (non-hydrogen) atoms. The molecule has 4 rings (SSSR count). The lowest BCUT2D eigenvalue weighted by Crippen LogP contribution is -2.24. The quantitative estimate of drug-likeness (QED) is 0.265. The van der Waals surface area contributed by atoms with Crippen LogP contribution in [0.4, 0.5) is 26.3 Å². The van der Waals surface area contributed by atoms with E-state index in [-0.39, 0.29) is 33.2 Å². The fraction of sp³-hybridized carbons (Fsp3) is 0.167. The van der Waals surface area contributed by atoms with Gasteiger partial charge in [-0.25, -0.2) is 9.59 Å². The van der Waals surface area contributed by atoms with Gasteiger partial charge in [0.1, 0.15) is 11.1 Å². The Bertz CT molecular complexity index is 1670. The Balaban J connectivity index is 1.88. The number of esters is 1. The molecule has 13 heteroatoms. The molecule has 0 bridgehead atoms. The number of H-pyrrole nitrogens is 1. The van der Waals surface area contributed by atoms with Crippen LogP contribution in [0.25, 0.3) is 21.8 Å². The van der Waals surface area contributed by atoms with E-state index in [4.69, 9.17) is 4.74 Å². The number of rotatable bonds is 3. The van der Waals surface area contributed by atoms with Gasteiger partial charge in [-0.1, -0.05) is 0 Å². The molecule has 0 fully saturated rings. The Hall–Kier alpha value is -4.42. The molecule has 7 nitrogen and oxygen atoms in total. The second kappa shape index (κ2) is 8.61. The van der Waals surface area contributed by atoms with Crippen LogP contribution in [0.2, 0.25) is 0 Å². The summed E-state index contributed by atoms with van der Waals surface area (Å²) in [6, 6.07) is 4.41. The van der Waals surface area contributed by atoms with Crippen LogP contribution in [0.5, 0.6) is 5.75 Å². The molecule has 0 atom stereocenters. The van der Waals surface area contributed by atoms with E-state index >= 15 is 0 Å². The lowest BCUT2D eigenvalue weighted by molar-refractivity contribution is -0.138. The van der Waals surface area contributed by atoms with Crippen LogP contribution in [0.1, 0.15) is 43.2 Å². The number of carboxylic acids is 1. The average molecular weight is 524 g/mol. The van der Waals surface area contributed by atoms with Crippen LogP contribution in [0.15, 0.2) is 41.2 Å². The summed E-state index contributed by atoms with van der Waals surface area (Å²) in [4.78, 5) is 44.4. The second-order valence-corrected chi connectivity index (χ2v) is 8.04. The summed E-state index contributed by atoms with van der Waals surface area (Å²) in [7, 11) is 0. The van der Waals surface area contributed by atoms with Gasteiger partial charge in [0.05, 0.1) is 27.9 Å². The number of carbonyl (C=O) groups is 2. The minimum absolute atomic E-state index is 0.173. The van der Waals surface area contributed by atoms with Crippen molar-refractivity contribution in [2.45, 2.75) is 26.2 Å². The van der Waals surface area contributed by atoms with Crippen molar-refractivity contribution in [2.75, 3.05) is 0 Å². The van der Waals surface area contributed by atoms with Crippen LogP contribution in [-0.2, 0) is 12.4 Å². The summed E-state index contributed by atoms with van der Waals surface area (Å²) in [5.74, 6) is -3.60. The number of aromatic amines is 1. The molecule has 0 aliphatic carbocycles. The maximum Gasteiger partial charge on any atom is 0.416 e. The molecule has 2 aromatic carbocycles. The van der Waals surface area contributed by atoms with Crippen molar-refractivity contribution in [1.82, 2.24) is 9.97 Å². The van der Waals surface area contributed by atoms with Gasteiger partial charge >= 0.3 is 24.3 Å². The van der Waals surface area contributed by atoms with E-state index < -0.39 is 57.7 Å². The molecule has 2 aromatic heterocycles. The first kappa shape index (κ1) is 25.7. The van der Waals surface area contributed by atoms with Crippen molar-refractivity contribution in [2.24, 2.45) is 0 Å². The number of nitrogens with one attached hydrogen (secondary N) is 1. The van der Waals surface area contributed by atoms with Crippen LogP contribution < -0.4 is 10.2 Å². The monoisotopic (exact) mass is 524 g/mol. The third kappa shape index (κ3) is 4.59. The van der Waals surface area contributed by atoms with E-state index in [2.05, 4.69) is 9.97 Å². The standard InChI is InChI=1S/C24H14F6N2O5/c1-9-17(19(33)13-5-3-11(23(25,26)27)7-15(13)31-9)22(36)37-20-14-6-4-12(24(28,29)30)8-16(14)32-10(2)18(20)21(34)35/h3-8H,1-2H3,(H,31,33)(H,34,35). The highest BCUT2D eigenvalue weighted by atomic mass is 19.4. The number of halogens is 6. The largest absolute Gasteiger partial charge is 0.477 e. The lowest BCUT2D eigenvalue weighted by Gasteiger charge is -2.15. The van der Waals surface area contributed by atoms with Gasteiger partial charge in [0, 0.05) is 16.5 Å². The summed E-state index contributed by atoms with van der Waals surface area (Å²) in [6.45, 7) is 2.41. The molecule has 4 aromatic rings. The van der Waals surface area contributed by atoms with Gasteiger partial charge < -0.3 is 14.8 Å². The van der Waals surface area contributed by atoms with Crippen molar-refractivity contribution < 1.29 is 45.8 Å². The van der Waals surface area contributed by atoms with E-state index in [9.17, 15) is 45.8 Å². The highest BCUT2D eigenvalue weighted by Crippen LogP contribution is 2.36. The number of hydrogen-bond donors (Lipinski definition) is 2. The SMILES string of the molecule is Cc1nc2cc(C(F)(F)F)ccc2c(OC(=O)c2c(C)[nH]c3cc(C(F)(F)F)ccc3c2=O)c1C(=O)O. The number of hydrogen-bond acceptors (Lipinski definition) is 5. The van der Waals surface area contributed by atoms with E-state index in [1.165, 1.54) is 13.8 Å². The normalized spacial score (nSPS) is 12.2. The number of alkyl halides is 6. The molecule has 0 amide bonds. The molecular weight excluding hydrogens is 510 g/mol. The van der Waals surface area contributed by atoms with Gasteiger partial charge in [0.2, 0.25) is 5.43 Å². The number of benzene rings is 2. The van der Waals surface area contributed by atoms with Crippen molar-refractivity contribution in [3.8, 4) is 5.75 Å². The van der Waals surface area contributed by atoms with E-state index in [1.807, 2.05) is 0 Å². The van der Waals surface area contributed by atoms with Gasteiger partial charge in [-0.3, -0.25) is 9.78 Å². The highest BCUT2D eigenvalue weighted by molar-refractivity contribution is 6.04. The van der Waals surface area contributed by atoms with Crippen molar-refractivity contribution in [1.29, 1.82) is 0 Å². The minimum Gasteiger partial charge on any atom is -0.477 e. The third-order valence-corrected chi connectivity index (χ3v) is 5.58. The molecule has 192 valence electrons. The maximum absolute atomic E-state index is 13.2. The Morgan fingerprint density at radius 2 is 1.46 bits per heavy atom. The number of fused-ring (bicyclic) bond motifs is 2. The minimum atomic E-state index is -4.73. The second-order valence-electron chi connectivity index (χ2n) is 8.04. The number of ether oxygens (including phenoxy) is 1. The number of carboxylic acid groups (broad SMARTS) is 1. The topological polar surface area (TPSA) is 109 Å². The maximum atomic E-state index is 13.2. The zero-order valence-corrected chi connectivity index (χ0v) is 18.8. The molecule has 0 saturated heterocycles. The van der Waals surface area contributed by atoms with Crippen LogP contribution >= 0.6 is 0 Å². The first-order chi connectivity index (χ1) is 17.1. The Labute approximate surface area is 202 Å². The summed E-state index contributed by atoms with van der Waals surface area (Å²) in [5.41, 5.74) is -5.30. The molecule has 0 radical (unpaired) electrons. The zero-order chi connectivity index (χ0) is 27.4. The van der Waals surface area contributed by atoms with E-state index in [0.29, 0.717) is 24.3 Å². The number of aryl methyl sites for hydroxylation is 2. The smallest absolute Gasteiger partial charge is 0.416 e. The van der Waals surface area contributed by atoms with Gasteiger partial charge in [-0.2, -0.15) is 26.3 Å². The van der Waals surface area contributed by atoms with Gasteiger partial charge in [0.15, 0.2) is 5.75 Å². The summed E-state index contributed by atoms with van der Waals surface area (Å²) in [6.07, 6.45) is -9.41. The number of aromatic nitrogens is 2. The zero-order valence-electron chi connectivity index (χ0n) is 18.8. The van der Waals surface area contributed by atoms with Gasteiger partial charge in [-0.15, -0.1) is 0 Å². The van der Waals surface area contributed by atoms with Crippen molar-refractivity contribution in [3.63, 3.8) is 0 Å². The highest BCUT2D eigenvalue weighted by Gasteiger charge is 2.33. The van der Waals surface area contributed by atoms with Crippen LogP contribution in [0.3, 0.4) is 0 Å². The average Bonchev–Trinajstić information content (AvgIpc) is 2.76. The predicted molar refractivity (Wildman–Crippen MR) is 118 cm³/mol. The molecule has 0 aliphatic heterocycles. The molecule has 0 saturated carbocycles. The number of pyridine rings is 2. The molecule has 2 heterocycles. The first-order valence-corrected chi connectivity index (χ1v) is 10.3. The Morgan fingerprint density at radius 3 is 2.03 bits per heavy atom. The number of nitrogens with zero attached hydrogens (tertiary/aromatic N) is 1. The van der Waals surface area contributed by atoms with Gasteiger partial charge in [0.25, 0.3) is 0 Å². The summed E-state index contributed by atoms with van der Waals surface area (Å²) in [5, 5.41) is 9.13. The Kier molecular flexibility index (Phi) is 5.97. The van der Waals surface area contributed by atoms with E-state index in [0.717, 1.165) is 12.1 Å². The molecule has 0 aliphatic rings. The molecule has 0 unspecified atom stereocenters. The third-order valence-electron chi connectivity index (χ3n) is 5.58. The molecular formula is C24H14F6N2O5. The van der Waals surface area contributed by atoms with Crippen molar-refractivity contribution in [3.05, 3.63) is 80.3 Å². The number of aromatic carboxylic acids is 1. The van der Waals surface area contributed by atoms with Crippen LogP contribution in [-0.4, -0.2) is 27.0 Å². The van der Waals surface area contributed by atoms with Gasteiger partial charge in [-0.05, 0) is 50.2 Å². The fourth-order valence-corrected chi connectivity index (χ4v) is 3.87. The Morgan fingerprint density at radius 1 is 0.892 bits per heavy atom. The summed E-state index contributed by atoms with van der Waals surface area (Å²) >= 11 is 0. The lowest BCUT2D eigenvalue weighted by atomic mass is 10.0. The van der Waals surface area contributed by atoms with Crippen LogP contribution in [0, 0.1) is 13.8 Å². The van der Waals surface area contributed by atoms with E-state index in [1.54, 1.807) is 0 Å². The fourth-order valence-electron chi connectivity index (χ4n) is 3.87. The van der Waals surface area contributed by atoms with Crippen molar-refractivity contribution >= 4 is 33.7 Å². The molecule has 2 N–H and O–H groups in total. The molecule has 0 spiro atoms. The summed E-state index contributed by atoms with van der Waals surface area (Å²) < 4.78 is 83.8. The first-order valence-electron chi connectivity index (χ1n) is 10.3. The predicted octanol–water partition coefficient (Wildman–Crippen LogP) is 5.65.